The van der Waals surface area contributed by atoms with E-state index in [0.29, 0.717) is 18.0 Å². The Morgan fingerprint density at radius 2 is 2.11 bits per heavy atom. The fourth-order valence-electron chi connectivity index (χ4n) is 1.43. The van der Waals surface area contributed by atoms with E-state index in [1.54, 1.807) is 17.4 Å². The highest BCUT2D eigenvalue weighted by Crippen LogP contribution is 2.26. The van der Waals surface area contributed by atoms with Crippen molar-refractivity contribution in [2.45, 2.75) is 11.5 Å². The minimum atomic E-state index is -3.23. The van der Waals surface area contributed by atoms with Gasteiger partial charge in [-0.25, -0.2) is 8.42 Å². The Morgan fingerprint density at radius 3 is 2.67 bits per heavy atom. The Kier molecular flexibility index (Phi) is 3.58. The third kappa shape index (κ3) is 3.02. The van der Waals surface area contributed by atoms with Crippen LogP contribution in [0.4, 0.5) is 5.69 Å². The van der Waals surface area contributed by atoms with Gasteiger partial charge >= 0.3 is 0 Å². The van der Waals surface area contributed by atoms with Crippen LogP contribution in [-0.4, -0.2) is 14.7 Å². The molecule has 0 aliphatic rings. The van der Waals surface area contributed by atoms with Gasteiger partial charge in [0, 0.05) is 11.1 Å². The lowest BCUT2D eigenvalue weighted by Gasteiger charge is -2.09. The molecule has 0 bridgehead atoms. The van der Waals surface area contributed by atoms with Gasteiger partial charge in [0.05, 0.1) is 10.6 Å². The maximum absolute atomic E-state index is 11.3. The van der Waals surface area contributed by atoms with E-state index < -0.39 is 9.84 Å². The number of benzene rings is 1. The van der Waals surface area contributed by atoms with Crippen molar-refractivity contribution in [3.8, 4) is 5.75 Å². The van der Waals surface area contributed by atoms with Crippen molar-refractivity contribution in [1.29, 1.82) is 0 Å². The van der Waals surface area contributed by atoms with E-state index in [2.05, 4.69) is 0 Å². The van der Waals surface area contributed by atoms with Crippen LogP contribution in [0.5, 0.6) is 5.75 Å². The fraction of sp³-hybridized carbons (Fsp3) is 0.167. The van der Waals surface area contributed by atoms with Crippen LogP contribution in [0.2, 0.25) is 0 Å². The van der Waals surface area contributed by atoms with Gasteiger partial charge in [0.15, 0.2) is 9.84 Å². The van der Waals surface area contributed by atoms with Crippen LogP contribution in [-0.2, 0) is 16.4 Å². The lowest BCUT2D eigenvalue weighted by Crippen LogP contribution is -2.01. The number of hydrogen-bond donors (Lipinski definition) is 1. The van der Waals surface area contributed by atoms with Crippen molar-refractivity contribution in [2.75, 3.05) is 12.0 Å². The third-order valence-corrected chi connectivity index (χ3v) is 4.32. The average Bonchev–Trinajstić information content (AvgIpc) is 2.79. The average molecular weight is 283 g/mol. The zero-order valence-corrected chi connectivity index (χ0v) is 11.4. The minimum absolute atomic E-state index is 0.198. The summed E-state index contributed by atoms with van der Waals surface area (Å²) >= 11 is 1.59. The van der Waals surface area contributed by atoms with E-state index in [0.717, 1.165) is 11.1 Å². The summed E-state index contributed by atoms with van der Waals surface area (Å²) in [5.74, 6) is 0.496. The molecule has 1 aromatic carbocycles. The Morgan fingerprint density at radius 1 is 1.33 bits per heavy atom. The van der Waals surface area contributed by atoms with Gasteiger partial charge in [0.1, 0.15) is 12.4 Å². The maximum Gasteiger partial charge on any atom is 0.175 e. The van der Waals surface area contributed by atoms with Gasteiger partial charge < -0.3 is 10.5 Å². The van der Waals surface area contributed by atoms with Gasteiger partial charge in [-0.05, 0) is 29.6 Å². The van der Waals surface area contributed by atoms with Crippen LogP contribution >= 0.6 is 11.3 Å². The van der Waals surface area contributed by atoms with Crippen molar-refractivity contribution in [2.24, 2.45) is 0 Å². The molecule has 0 amide bonds. The van der Waals surface area contributed by atoms with E-state index in [1.165, 1.54) is 12.1 Å². The second kappa shape index (κ2) is 4.99. The van der Waals surface area contributed by atoms with E-state index in [9.17, 15) is 8.42 Å². The van der Waals surface area contributed by atoms with Crippen LogP contribution in [0.1, 0.15) is 4.88 Å². The molecular formula is C12H13NO3S2. The summed E-state index contributed by atoms with van der Waals surface area (Å²) < 4.78 is 28.2. The summed E-state index contributed by atoms with van der Waals surface area (Å²) in [7, 11) is -3.23. The zero-order valence-electron chi connectivity index (χ0n) is 9.79. The Bertz CT molecular complexity index is 633. The second-order valence-corrected chi connectivity index (χ2v) is 6.89. The smallest absolute Gasteiger partial charge is 0.175 e. The molecule has 96 valence electrons. The molecule has 0 unspecified atom stereocenters. The first-order valence-electron chi connectivity index (χ1n) is 5.21. The van der Waals surface area contributed by atoms with Gasteiger partial charge in [-0.1, -0.05) is 6.07 Å². The zero-order chi connectivity index (χ0) is 13.2. The van der Waals surface area contributed by atoms with Gasteiger partial charge in [-0.3, -0.25) is 0 Å². The Hall–Kier alpha value is -1.53. The first-order chi connectivity index (χ1) is 8.47. The number of thiophene rings is 1. The first kappa shape index (κ1) is 12.9. The molecule has 4 nitrogen and oxygen atoms in total. The molecule has 0 aliphatic heterocycles. The summed E-state index contributed by atoms with van der Waals surface area (Å²) in [6.45, 7) is 0.431. The Labute approximate surface area is 110 Å². The quantitative estimate of drug-likeness (QED) is 0.874. The van der Waals surface area contributed by atoms with Crippen LogP contribution in [0, 0.1) is 0 Å². The first-order valence-corrected chi connectivity index (χ1v) is 7.99. The van der Waals surface area contributed by atoms with E-state index in [1.807, 2.05) is 17.5 Å². The highest BCUT2D eigenvalue weighted by molar-refractivity contribution is 7.90. The monoisotopic (exact) mass is 283 g/mol. The number of anilines is 1. The lowest BCUT2D eigenvalue weighted by atomic mass is 10.3. The number of nitrogens with two attached hydrogens (primary N) is 1. The SMILES string of the molecule is CS(=O)(=O)c1ccc(OCc2cccs2)c(N)c1. The van der Waals surface area contributed by atoms with E-state index in [4.69, 9.17) is 10.5 Å². The lowest BCUT2D eigenvalue weighted by molar-refractivity contribution is 0.311. The second-order valence-electron chi connectivity index (χ2n) is 3.84. The number of hydrogen-bond acceptors (Lipinski definition) is 5. The standard InChI is InChI=1S/C12H13NO3S2/c1-18(14,15)10-4-5-12(11(13)7-10)16-8-9-3-2-6-17-9/h2-7H,8,13H2,1H3. The van der Waals surface area contributed by atoms with Crippen LogP contribution < -0.4 is 10.5 Å². The van der Waals surface area contributed by atoms with Crippen molar-refractivity contribution in [3.05, 3.63) is 40.6 Å². The molecule has 0 aliphatic carbocycles. The highest BCUT2D eigenvalue weighted by Gasteiger charge is 2.10. The Balaban J connectivity index is 2.15. The molecular weight excluding hydrogens is 270 g/mol. The molecule has 18 heavy (non-hydrogen) atoms. The predicted molar refractivity (Wildman–Crippen MR) is 72.6 cm³/mol. The van der Waals surface area contributed by atoms with Gasteiger partial charge in [-0.15, -0.1) is 11.3 Å². The molecule has 0 saturated carbocycles. The molecule has 1 heterocycles. The van der Waals surface area contributed by atoms with E-state index in [-0.39, 0.29) is 4.90 Å². The topological polar surface area (TPSA) is 69.4 Å². The molecule has 6 heteroatoms. The molecule has 0 saturated heterocycles. The molecule has 2 N–H and O–H groups in total. The molecule has 2 aromatic rings. The fourth-order valence-corrected chi connectivity index (χ4v) is 2.70. The summed E-state index contributed by atoms with van der Waals surface area (Å²) in [5, 5.41) is 1.97. The number of sulfone groups is 1. The van der Waals surface area contributed by atoms with Crippen molar-refractivity contribution >= 4 is 26.9 Å². The minimum Gasteiger partial charge on any atom is -0.486 e. The predicted octanol–water partition coefficient (Wildman–Crippen LogP) is 2.31. The number of rotatable bonds is 4. The van der Waals surface area contributed by atoms with E-state index >= 15 is 0 Å². The molecule has 0 fully saturated rings. The summed E-state index contributed by atoms with van der Waals surface area (Å²) in [6, 6.07) is 8.40. The van der Waals surface area contributed by atoms with Crippen LogP contribution in [0.3, 0.4) is 0 Å². The van der Waals surface area contributed by atoms with Gasteiger partial charge in [-0.2, -0.15) is 0 Å². The molecule has 1 aromatic heterocycles. The third-order valence-electron chi connectivity index (χ3n) is 2.36. The molecule has 0 spiro atoms. The largest absolute Gasteiger partial charge is 0.486 e. The molecule has 0 atom stereocenters. The summed E-state index contributed by atoms with van der Waals surface area (Å²) in [6.07, 6.45) is 1.15. The van der Waals surface area contributed by atoms with Crippen LogP contribution in [0.15, 0.2) is 40.6 Å². The summed E-state index contributed by atoms with van der Waals surface area (Å²) in [4.78, 5) is 1.28. The molecule has 2 rings (SSSR count). The molecule has 0 radical (unpaired) electrons. The highest BCUT2D eigenvalue weighted by atomic mass is 32.2. The van der Waals surface area contributed by atoms with Gasteiger partial charge in [0.2, 0.25) is 0 Å². The van der Waals surface area contributed by atoms with Crippen LogP contribution in [0.25, 0.3) is 0 Å². The number of nitrogen functional groups attached to an aromatic ring is 1. The van der Waals surface area contributed by atoms with Crippen molar-refractivity contribution in [3.63, 3.8) is 0 Å². The van der Waals surface area contributed by atoms with Gasteiger partial charge in [0.25, 0.3) is 0 Å². The van der Waals surface area contributed by atoms with Crippen molar-refractivity contribution < 1.29 is 13.2 Å². The normalized spacial score (nSPS) is 11.4. The summed E-state index contributed by atoms with van der Waals surface area (Å²) in [5.41, 5.74) is 6.10. The van der Waals surface area contributed by atoms with Crippen molar-refractivity contribution in [1.82, 2.24) is 0 Å². The number of ether oxygens (including phenoxy) is 1. The maximum atomic E-state index is 11.3.